The first kappa shape index (κ1) is 20.6. The number of carbonyl (C=O) groups excluding carboxylic acids is 1. The fourth-order valence-electron chi connectivity index (χ4n) is 3.12. The van der Waals surface area contributed by atoms with Crippen LogP contribution in [0.25, 0.3) is 21.3 Å². The standard InChI is InChI=1S/C24H22N2O2S2/c1-15-9-10-19(11-16(15)2)20-13-29-22-21(20)23(26-14-25-22)30-17(3)24(27)28-12-18-7-5-4-6-8-18/h4-11,13-14,17H,12H2,1-3H3. The molecule has 0 bridgehead atoms. The summed E-state index contributed by atoms with van der Waals surface area (Å²) in [5.74, 6) is -0.251. The number of hydrogen-bond donors (Lipinski definition) is 0. The van der Waals surface area contributed by atoms with Gasteiger partial charge in [-0.15, -0.1) is 11.3 Å². The Labute approximate surface area is 184 Å². The van der Waals surface area contributed by atoms with Crippen LogP contribution in [-0.2, 0) is 16.1 Å². The average molecular weight is 435 g/mol. The second kappa shape index (κ2) is 8.98. The second-order valence-electron chi connectivity index (χ2n) is 7.16. The van der Waals surface area contributed by atoms with Gasteiger partial charge in [0.15, 0.2) is 0 Å². The van der Waals surface area contributed by atoms with Crippen molar-refractivity contribution >= 4 is 39.3 Å². The van der Waals surface area contributed by atoms with Crippen molar-refractivity contribution in [3.05, 3.63) is 76.9 Å². The minimum absolute atomic E-state index is 0.251. The third kappa shape index (κ3) is 4.40. The SMILES string of the molecule is Cc1ccc(-c2csc3ncnc(SC(C)C(=O)OCc4ccccc4)c23)cc1C. The van der Waals surface area contributed by atoms with Crippen LogP contribution in [0.1, 0.15) is 23.6 Å². The van der Waals surface area contributed by atoms with E-state index < -0.39 is 0 Å². The van der Waals surface area contributed by atoms with Crippen LogP contribution in [0, 0.1) is 13.8 Å². The normalized spacial score (nSPS) is 12.1. The zero-order valence-corrected chi connectivity index (χ0v) is 18.7. The van der Waals surface area contributed by atoms with Gasteiger partial charge < -0.3 is 4.74 Å². The lowest BCUT2D eigenvalue weighted by atomic mass is 10.0. The number of carbonyl (C=O) groups is 1. The summed E-state index contributed by atoms with van der Waals surface area (Å²) >= 11 is 3.01. The molecule has 0 fully saturated rings. The molecule has 0 saturated carbocycles. The molecule has 0 aliphatic rings. The number of aryl methyl sites for hydroxylation is 2. The summed E-state index contributed by atoms with van der Waals surface area (Å²) in [4.78, 5) is 22.4. The Kier molecular flexibility index (Phi) is 6.16. The lowest BCUT2D eigenvalue weighted by Gasteiger charge is -2.12. The molecular formula is C24H22N2O2S2. The van der Waals surface area contributed by atoms with Crippen molar-refractivity contribution in [2.45, 2.75) is 37.7 Å². The van der Waals surface area contributed by atoms with Gasteiger partial charge in [-0.3, -0.25) is 4.79 Å². The molecule has 0 N–H and O–H groups in total. The molecule has 1 atom stereocenters. The second-order valence-corrected chi connectivity index (χ2v) is 9.35. The van der Waals surface area contributed by atoms with Crippen LogP contribution in [0.15, 0.2) is 65.3 Å². The summed E-state index contributed by atoms with van der Waals surface area (Å²) in [5, 5.41) is 3.54. The van der Waals surface area contributed by atoms with Crippen molar-refractivity contribution in [2.75, 3.05) is 0 Å². The topological polar surface area (TPSA) is 52.1 Å². The highest BCUT2D eigenvalue weighted by Crippen LogP contribution is 2.39. The fraction of sp³-hybridized carbons (Fsp3) is 0.208. The number of fused-ring (bicyclic) bond motifs is 1. The van der Waals surface area contributed by atoms with Gasteiger partial charge in [0, 0.05) is 10.9 Å². The summed E-state index contributed by atoms with van der Waals surface area (Å²) in [6, 6.07) is 16.2. The number of thioether (sulfide) groups is 1. The van der Waals surface area contributed by atoms with Gasteiger partial charge in [0.25, 0.3) is 0 Å². The molecule has 4 aromatic rings. The summed E-state index contributed by atoms with van der Waals surface area (Å²) in [7, 11) is 0. The zero-order valence-electron chi connectivity index (χ0n) is 17.1. The first-order valence-corrected chi connectivity index (χ1v) is 11.5. The third-order valence-corrected chi connectivity index (χ3v) is 6.96. The molecule has 152 valence electrons. The van der Waals surface area contributed by atoms with Crippen LogP contribution in [-0.4, -0.2) is 21.2 Å². The number of esters is 1. The van der Waals surface area contributed by atoms with E-state index in [1.54, 1.807) is 17.7 Å². The Morgan fingerprint density at radius 1 is 1.10 bits per heavy atom. The maximum absolute atomic E-state index is 12.5. The molecule has 2 aromatic carbocycles. The molecule has 1 unspecified atom stereocenters. The molecule has 0 aliphatic heterocycles. The maximum Gasteiger partial charge on any atom is 0.319 e. The molecule has 4 nitrogen and oxygen atoms in total. The molecule has 0 saturated heterocycles. The number of ether oxygens (including phenoxy) is 1. The zero-order chi connectivity index (χ0) is 21.1. The van der Waals surface area contributed by atoms with Crippen molar-refractivity contribution < 1.29 is 9.53 Å². The van der Waals surface area contributed by atoms with Crippen molar-refractivity contribution in [3.8, 4) is 11.1 Å². The van der Waals surface area contributed by atoms with Crippen LogP contribution in [0.3, 0.4) is 0 Å². The van der Waals surface area contributed by atoms with E-state index in [9.17, 15) is 4.79 Å². The van der Waals surface area contributed by atoms with Gasteiger partial charge in [-0.1, -0.05) is 60.3 Å². The molecule has 2 heterocycles. The van der Waals surface area contributed by atoms with E-state index in [-0.39, 0.29) is 17.8 Å². The van der Waals surface area contributed by atoms with Crippen molar-refractivity contribution in [2.24, 2.45) is 0 Å². The first-order chi connectivity index (χ1) is 14.5. The van der Waals surface area contributed by atoms with E-state index in [0.29, 0.717) is 0 Å². The summed E-state index contributed by atoms with van der Waals surface area (Å²) in [6.45, 7) is 6.35. The number of hydrogen-bond acceptors (Lipinski definition) is 6. The van der Waals surface area contributed by atoms with Gasteiger partial charge in [0.1, 0.15) is 28.0 Å². The Hall–Kier alpha value is -2.70. The van der Waals surface area contributed by atoms with Crippen LogP contribution >= 0.6 is 23.1 Å². The van der Waals surface area contributed by atoms with Gasteiger partial charge in [-0.25, -0.2) is 9.97 Å². The molecule has 30 heavy (non-hydrogen) atoms. The van der Waals surface area contributed by atoms with Crippen LogP contribution in [0.5, 0.6) is 0 Å². The summed E-state index contributed by atoms with van der Waals surface area (Å²) in [5.41, 5.74) is 5.73. The minimum Gasteiger partial charge on any atom is -0.460 e. The Morgan fingerprint density at radius 2 is 1.90 bits per heavy atom. The van der Waals surface area contributed by atoms with E-state index in [4.69, 9.17) is 4.74 Å². The summed E-state index contributed by atoms with van der Waals surface area (Å²) in [6.07, 6.45) is 1.56. The predicted molar refractivity (Wildman–Crippen MR) is 124 cm³/mol. The molecule has 4 rings (SSSR count). The number of aromatic nitrogens is 2. The molecule has 2 aromatic heterocycles. The first-order valence-electron chi connectivity index (χ1n) is 9.70. The molecule has 0 spiro atoms. The number of nitrogens with zero attached hydrogens (tertiary/aromatic N) is 2. The van der Waals surface area contributed by atoms with Gasteiger partial charge in [-0.2, -0.15) is 0 Å². The lowest BCUT2D eigenvalue weighted by Crippen LogP contribution is -2.17. The number of rotatable bonds is 6. The Morgan fingerprint density at radius 3 is 2.67 bits per heavy atom. The average Bonchev–Trinajstić information content (AvgIpc) is 3.20. The lowest BCUT2D eigenvalue weighted by molar-refractivity contribution is -0.143. The van der Waals surface area contributed by atoms with E-state index in [1.165, 1.54) is 22.9 Å². The van der Waals surface area contributed by atoms with Gasteiger partial charge in [0.05, 0.1) is 5.39 Å². The summed E-state index contributed by atoms with van der Waals surface area (Å²) < 4.78 is 5.50. The predicted octanol–water partition coefficient (Wildman–Crippen LogP) is 6.20. The van der Waals surface area contributed by atoms with Crippen LogP contribution in [0.4, 0.5) is 0 Å². The van der Waals surface area contributed by atoms with Crippen LogP contribution < -0.4 is 0 Å². The highest BCUT2D eigenvalue weighted by molar-refractivity contribution is 8.00. The fourth-order valence-corrected chi connectivity index (χ4v) is 5.03. The molecule has 0 amide bonds. The van der Waals surface area contributed by atoms with E-state index in [2.05, 4.69) is 47.4 Å². The van der Waals surface area contributed by atoms with Crippen molar-refractivity contribution in [1.29, 1.82) is 0 Å². The van der Waals surface area contributed by atoms with Gasteiger partial charge >= 0.3 is 5.97 Å². The molecule has 0 aliphatic carbocycles. The number of thiophene rings is 1. The molecular weight excluding hydrogens is 412 g/mol. The highest BCUT2D eigenvalue weighted by atomic mass is 32.2. The van der Waals surface area contributed by atoms with E-state index >= 15 is 0 Å². The maximum atomic E-state index is 12.5. The number of benzene rings is 2. The van der Waals surface area contributed by atoms with E-state index in [0.717, 1.165) is 31.9 Å². The highest BCUT2D eigenvalue weighted by Gasteiger charge is 2.21. The minimum atomic E-state index is -0.376. The van der Waals surface area contributed by atoms with Crippen molar-refractivity contribution in [3.63, 3.8) is 0 Å². The van der Waals surface area contributed by atoms with E-state index in [1.807, 2.05) is 37.3 Å². The largest absolute Gasteiger partial charge is 0.460 e. The monoisotopic (exact) mass is 434 g/mol. The van der Waals surface area contributed by atoms with Crippen molar-refractivity contribution in [1.82, 2.24) is 9.97 Å². The quantitative estimate of drug-likeness (QED) is 0.205. The van der Waals surface area contributed by atoms with Crippen LogP contribution in [0.2, 0.25) is 0 Å². The Balaban J connectivity index is 1.57. The molecule has 6 heteroatoms. The van der Waals surface area contributed by atoms with Gasteiger partial charge in [-0.05, 0) is 43.0 Å². The smallest absolute Gasteiger partial charge is 0.319 e. The third-order valence-electron chi connectivity index (χ3n) is 5.00. The van der Waals surface area contributed by atoms with Gasteiger partial charge in [0.2, 0.25) is 0 Å². The Bertz CT molecular complexity index is 1190. The molecule has 0 radical (unpaired) electrons.